The number of rotatable bonds is 16. The maximum Gasteiger partial charge on any atom is 0.265 e. The molecule has 1 N–H and O–H groups in total. The molecule has 0 bridgehead atoms. The Bertz CT molecular complexity index is 1970. The van der Waals surface area contributed by atoms with Gasteiger partial charge in [-0.05, 0) is 48.7 Å². The number of nitrogens with zero attached hydrogens (tertiary/aromatic N) is 2. The molecule has 11 nitrogen and oxygen atoms in total. The summed E-state index contributed by atoms with van der Waals surface area (Å²) in [5, 5.41) is 3.15. The van der Waals surface area contributed by atoms with Crippen LogP contribution >= 0.6 is 0 Å². The van der Waals surface area contributed by atoms with Crippen LogP contribution in [0.15, 0.2) is 95.9 Å². The second kappa shape index (κ2) is 18.0. The number of carbonyl (C=O) groups is 2. The monoisotopic (exact) mass is 747 g/mol. The van der Waals surface area contributed by atoms with Gasteiger partial charge in [0.2, 0.25) is 11.8 Å². The molecule has 5 rings (SSSR count). The maximum absolute atomic E-state index is 15.3. The Morgan fingerprint density at radius 2 is 1.45 bits per heavy atom. The minimum atomic E-state index is -4.57. The molecule has 1 fully saturated rings. The number of anilines is 1. The van der Waals surface area contributed by atoms with Crippen molar-refractivity contribution in [2.75, 3.05) is 39.3 Å². The number of nitrogens with one attached hydrogen (secondary N) is 1. The number of hydrogen-bond donors (Lipinski definition) is 1. The lowest BCUT2D eigenvalue weighted by molar-refractivity contribution is -0.140. The van der Waals surface area contributed by atoms with Gasteiger partial charge in [0.25, 0.3) is 10.0 Å². The standard InChI is InChI=1S/C40H46FN3O8S/c1-49-31-19-21-36(50-2)34(24-31)44(53(47,48)32-20-22-37(51-3)38(25-32)52-4)27-39(45)43(26-29-15-11-12-18-33(29)41)35(23-28-13-7-5-8-14-28)40(46)42-30-16-9-6-10-17-30/h5,7-8,11-15,18-22,24-25,30,35H,6,9-10,16-17,23,26-27H2,1-4H3,(H,42,46)/t35-/m0/s1. The third kappa shape index (κ3) is 9.39. The first-order chi connectivity index (χ1) is 25.6. The van der Waals surface area contributed by atoms with E-state index in [1.54, 1.807) is 12.1 Å². The molecule has 0 saturated heterocycles. The molecule has 53 heavy (non-hydrogen) atoms. The molecule has 1 saturated carbocycles. The molecule has 2 amide bonds. The van der Waals surface area contributed by atoms with E-state index in [0.717, 1.165) is 42.0 Å². The maximum atomic E-state index is 15.3. The molecular formula is C40H46FN3O8S. The quantitative estimate of drug-likeness (QED) is 0.145. The van der Waals surface area contributed by atoms with Crippen LogP contribution in [0.5, 0.6) is 23.0 Å². The van der Waals surface area contributed by atoms with Gasteiger partial charge in [-0.1, -0.05) is 67.8 Å². The number of ether oxygens (including phenoxy) is 4. The third-order valence-corrected chi connectivity index (χ3v) is 11.2. The Labute approximate surface area is 310 Å². The molecule has 1 aliphatic carbocycles. The Morgan fingerprint density at radius 1 is 0.792 bits per heavy atom. The first-order valence-electron chi connectivity index (χ1n) is 17.4. The van der Waals surface area contributed by atoms with Crippen molar-refractivity contribution < 1.29 is 41.3 Å². The summed E-state index contributed by atoms with van der Waals surface area (Å²) < 4.78 is 67.5. The summed E-state index contributed by atoms with van der Waals surface area (Å²) in [6.45, 7) is -1.09. The largest absolute Gasteiger partial charge is 0.497 e. The third-order valence-electron chi connectivity index (χ3n) is 9.40. The highest BCUT2D eigenvalue weighted by atomic mass is 32.2. The van der Waals surface area contributed by atoms with E-state index in [1.807, 2.05) is 30.3 Å². The fourth-order valence-corrected chi connectivity index (χ4v) is 7.95. The van der Waals surface area contributed by atoms with Crippen molar-refractivity contribution in [3.63, 3.8) is 0 Å². The van der Waals surface area contributed by atoms with Gasteiger partial charge < -0.3 is 29.2 Å². The van der Waals surface area contributed by atoms with E-state index in [4.69, 9.17) is 18.9 Å². The van der Waals surface area contributed by atoms with Crippen molar-refractivity contribution in [2.45, 2.75) is 62.0 Å². The number of hydrogen-bond acceptors (Lipinski definition) is 8. The molecule has 0 unspecified atom stereocenters. The summed E-state index contributed by atoms with van der Waals surface area (Å²) in [6, 6.07) is 22.7. The van der Waals surface area contributed by atoms with Gasteiger partial charge in [-0.3, -0.25) is 13.9 Å². The van der Waals surface area contributed by atoms with Crippen LogP contribution in [0.1, 0.15) is 43.2 Å². The number of benzene rings is 4. The predicted molar refractivity (Wildman–Crippen MR) is 200 cm³/mol. The lowest BCUT2D eigenvalue weighted by Crippen LogP contribution is -2.55. The molecule has 0 radical (unpaired) electrons. The van der Waals surface area contributed by atoms with Crippen LogP contribution in [0.2, 0.25) is 0 Å². The van der Waals surface area contributed by atoms with Crippen molar-refractivity contribution in [1.29, 1.82) is 0 Å². The second-order valence-electron chi connectivity index (χ2n) is 12.7. The van der Waals surface area contributed by atoms with Gasteiger partial charge in [0.05, 0.1) is 39.0 Å². The molecule has 4 aromatic carbocycles. The first kappa shape index (κ1) is 38.9. The molecular weight excluding hydrogens is 702 g/mol. The average molecular weight is 748 g/mol. The molecule has 1 atom stereocenters. The van der Waals surface area contributed by atoms with E-state index >= 15 is 4.39 Å². The number of halogens is 1. The summed E-state index contributed by atoms with van der Waals surface area (Å²) in [5.74, 6) is -0.823. The zero-order valence-electron chi connectivity index (χ0n) is 30.4. The minimum absolute atomic E-state index is 0.00657. The molecule has 0 spiro atoms. The van der Waals surface area contributed by atoms with Gasteiger partial charge in [0.15, 0.2) is 11.5 Å². The van der Waals surface area contributed by atoms with Crippen molar-refractivity contribution in [2.24, 2.45) is 0 Å². The van der Waals surface area contributed by atoms with E-state index < -0.39 is 40.2 Å². The van der Waals surface area contributed by atoms with Crippen LogP contribution in [-0.4, -0.2) is 72.2 Å². The number of carbonyl (C=O) groups excluding carboxylic acids is 2. The molecule has 13 heteroatoms. The zero-order chi connectivity index (χ0) is 38.0. The van der Waals surface area contributed by atoms with Crippen molar-refractivity contribution in [3.05, 3.63) is 108 Å². The highest BCUT2D eigenvalue weighted by Gasteiger charge is 2.37. The summed E-state index contributed by atoms with van der Waals surface area (Å²) in [5.41, 5.74) is 0.941. The first-order valence-corrected chi connectivity index (χ1v) is 18.9. The second-order valence-corrected chi connectivity index (χ2v) is 14.6. The molecule has 1 aliphatic rings. The molecule has 0 aliphatic heterocycles. The summed E-state index contributed by atoms with van der Waals surface area (Å²) in [4.78, 5) is 30.3. The van der Waals surface area contributed by atoms with Gasteiger partial charge >= 0.3 is 0 Å². The van der Waals surface area contributed by atoms with Crippen molar-refractivity contribution >= 4 is 27.5 Å². The molecule has 0 heterocycles. The number of amides is 2. The Morgan fingerprint density at radius 3 is 2.11 bits per heavy atom. The topological polar surface area (TPSA) is 124 Å². The Kier molecular flexibility index (Phi) is 13.2. The Hall–Kier alpha value is -5.30. The summed E-state index contributed by atoms with van der Waals surface area (Å²) in [6.07, 6.45) is 4.73. The highest BCUT2D eigenvalue weighted by molar-refractivity contribution is 7.92. The lowest BCUT2D eigenvalue weighted by atomic mass is 9.94. The predicted octanol–water partition coefficient (Wildman–Crippen LogP) is 6.14. The van der Waals surface area contributed by atoms with E-state index in [1.165, 1.54) is 81.9 Å². The van der Waals surface area contributed by atoms with E-state index in [-0.39, 0.29) is 46.7 Å². The lowest BCUT2D eigenvalue weighted by Gasteiger charge is -2.35. The summed E-state index contributed by atoms with van der Waals surface area (Å²) >= 11 is 0. The summed E-state index contributed by atoms with van der Waals surface area (Å²) in [7, 11) is 1.05. The molecule has 4 aromatic rings. The minimum Gasteiger partial charge on any atom is -0.497 e. The fraction of sp³-hybridized carbons (Fsp3) is 0.350. The number of methoxy groups -OCH3 is 4. The smallest absolute Gasteiger partial charge is 0.265 e. The van der Waals surface area contributed by atoms with Gasteiger partial charge in [-0.15, -0.1) is 0 Å². The van der Waals surface area contributed by atoms with Gasteiger partial charge in [0, 0.05) is 36.7 Å². The Balaban J connectivity index is 1.64. The van der Waals surface area contributed by atoms with Gasteiger partial charge in [-0.2, -0.15) is 0 Å². The van der Waals surface area contributed by atoms with Crippen LogP contribution in [0.3, 0.4) is 0 Å². The van der Waals surface area contributed by atoms with Crippen LogP contribution in [0.4, 0.5) is 10.1 Å². The zero-order valence-corrected chi connectivity index (χ0v) is 31.2. The van der Waals surface area contributed by atoms with Crippen LogP contribution in [0, 0.1) is 5.82 Å². The van der Waals surface area contributed by atoms with Crippen molar-refractivity contribution in [1.82, 2.24) is 10.2 Å². The van der Waals surface area contributed by atoms with Crippen LogP contribution in [0.25, 0.3) is 0 Å². The normalized spacial score (nSPS) is 13.8. The van der Waals surface area contributed by atoms with Crippen molar-refractivity contribution in [3.8, 4) is 23.0 Å². The highest BCUT2D eigenvalue weighted by Crippen LogP contribution is 2.38. The molecule has 0 aromatic heterocycles. The van der Waals surface area contributed by atoms with Crippen LogP contribution in [-0.2, 0) is 32.6 Å². The number of sulfonamides is 1. The van der Waals surface area contributed by atoms with Gasteiger partial charge in [-0.25, -0.2) is 12.8 Å². The van der Waals surface area contributed by atoms with Crippen LogP contribution < -0.4 is 28.6 Å². The van der Waals surface area contributed by atoms with E-state index in [9.17, 15) is 18.0 Å². The SMILES string of the molecule is COc1ccc(OC)c(N(CC(=O)N(Cc2ccccc2F)[C@@H](Cc2ccccc2)C(=O)NC2CCCCC2)S(=O)(=O)c2ccc(OC)c(OC)c2)c1. The molecule has 282 valence electrons. The average Bonchev–Trinajstić information content (AvgIpc) is 3.18. The fourth-order valence-electron chi connectivity index (χ4n) is 6.52. The van der Waals surface area contributed by atoms with E-state index in [0.29, 0.717) is 11.5 Å². The van der Waals surface area contributed by atoms with Gasteiger partial charge in [0.1, 0.15) is 29.9 Å². The van der Waals surface area contributed by atoms with E-state index in [2.05, 4.69) is 5.32 Å².